The number of hydrogen-bond acceptors (Lipinski definition) is 2. The first-order valence-corrected chi connectivity index (χ1v) is 5.07. The second-order valence-corrected chi connectivity index (χ2v) is 3.66. The Labute approximate surface area is 90.0 Å². The zero-order valence-corrected chi connectivity index (χ0v) is 9.14. The first-order valence-electron chi connectivity index (χ1n) is 3.74. The normalized spacial score (nSPS) is 9.69. The molecular weight excluding hydrogens is 255 g/mol. The minimum Gasteiger partial charge on any atom is -0.426 e. The van der Waals surface area contributed by atoms with Crippen molar-refractivity contribution in [1.82, 2.24) is 0 Å². The Balaban J connectivity index is 2.54. The molecule has 1 aromatic rings. The van der Waals surface area contributed by atoms with Gasteiger partial charge < -0.3 is 4.74 Å². The smallest absolute Gasteiger partial charge is 0.312 e. The van der Waals surface area contributed by atoms with Gasteiger partial charge in [-0.1, -0.05) is 15.9 Å². The summed E-state index contributed by atoms with van der Waals surface area (Å²) in [6, 6.07) is 7.05. The number of ether oxygens (including phenoxy) is 1. The van der Waals surface area contributed by atoms with Crippen LogP contribution >= 0.6 is 27.5 Å². The van der Waals surface area contributed by atoms with E-state index in [4.69, 9.17) is 16.3 Å². The van der Waals surface area contributed by atoms with E-state index in [1.54, 1.807) is 12.1 Å². The summed E-state index contributed by atoms with van der Waals surface area (Å²) in [5, 5.41) is 0. The van der Waals surface area contributed by atoms with Gasteiger partial charge in [0.05, 0.1) is 6.42 Å². The van der Waals surface area contributed by atoms with Crippen molar-refractivity contribution < 1.29 is 9.53 Å². The van der Waals surface area contributed by atoms with Gasteiger partial charge in [-0.25, -0.2) is 0 Å². The fourth-order valence-electron chi connectivity index (χ4n) is 0.762. The first kappa shape index (κ1) is 10.5. The highest BCUT2D eigenvalue weighted by molar-refractivity contribution is 9.10. The maximum atomic E-state index is 11.0. The molecule has 1 rings (SSSR count). The van der Waals surface area contributed by atoms with Crippen LogP contribution in [0.25, 0.3) is 0 Å². The number of rotatable bonds is 3. The van der Waals surface area contributed by atoms with Gasteiger partial charge >= 0.3 is 5.97 Å². The van der Waals surface area contributed by atoms with Crippen molar-refractivity contribution >= 4 is 33.5 Å². The van der Waals surface area contributed by atoms with Gasteiger partial charge in [0.15, 0.2) is 0 Å². The van der Waals surface area contributed by atoms with Crippen LogP contribution in [0.2, 0.25) is 0 Å². The molecule has 2 nitrogen and oxygen atoms in total. The molecule has 0 N–H and O–H groups in total. The van der Waals surface area contributed by atoms with Crippen LogP contribution < -0.4 is 4.74 Å². The zero-order valence-electron chi connectivity index (χ0n) is 6.80. The summed E-state index contributed by atoms with van der Waals surface area (Å²) in [5.41, 5.74) is 0. The van der Waals surface area contributed by atoms with E-state index in [9.17, 15) is 4.79 Å². The van der Waals surface area contributed by atoms with Gasteiger partial charge in [-0.2, -0.15) is 0 Å². The zero-order chi connectivity index (χ0) is 9.68. The summed E-state index contributed by atoms with van der Waals surface area (Å²) in [5.74, 6) is 0.519. The molecule has 0 fully saturated rings. The molecule has 0 saturated carbocycles. The highest BCUT2D eigenvalue weighted by Gasteiger charge is 2.02. The highest BCUT2D eigenvalue weighted by atomic mass is 79.9. The molecule has 0 spiro atoms. The first-order chi connectivity index (χ1) is 6.22. The number of carbonyl (C=O) groups is 1. The number of carbonyl (C=O) groups excluding carboxylic acids is 1. The Bertz CT molecular complexity index is 284. The molecule has 0 heterocycles. The van der Waals surface area contributed by atoms with Gasteiger partial charge in [0.1, 0.15) is 5.75 Å². The predicted octanol–water partition coefficient (Wildman–Crippen LogP) is 2.98. The maximum absolute atomic E-state index is 11.0. The van der Waals surface area contributed by atoms with Crippen LogP contribution in [0.4, 0.5) is 0 Å². The van der Waals surface area contributed by atoms with E-state index in [-0.39, 0.29) is 18.3 Å². The van der Waals surface area contributed by atoms with Crippen molar-refractivity contribution in [2.75, 3.05) is 5.88 Å². The molecule has 0 aliphatic heterocycles. The lowest BCUT2D eigenvalue weighted by molar-refractivity contribution is -0.133. The largest absolute Gasteiger partial charge is 0.426 e. The fraction of sp³-hybridized carbons (Fsp3) is 0.222. The van der Waals surface area contributed by atoms with Crippen molar-refractivity contribution in [2.24, 2.45) is 0 Å². The predicted molar refractivity (Wildman–Crippen MR) is 55.1 cm³/mol. The third kappa shape index (κ3) is 3.79. The Morgan fingerprint density at radius 3 is 2.54 bits per heavy atom. The molecule has 0 unspecified atom stereocenters. The summed E-state index contributed by atoms with van der Waals surface area (Å²) < 4.78 is 5.91. The van der Waals surface area contributed by atoms with Gasteiger partial charge in [-0.3, -0.25) is 4.79 Å². The lowest BCUT2D eigenvalue weighted by Gasteiger charge is -2.01. The van der Waals surface area contributed by atoms with E-state index in [0.29, 0.717) is 5.75 Å². The van der Waals surface area contributed by atoms with Crippen molar-refractivity contribution in [3.63, 3.8) is 0 Å². The Morgan fingerprint density at radius 1 is 1.38 bits per heavy atom. The summed E-state index contributed by atoms with van der Waals surface area (Å²) in [6.07, 6.45) is 0.234. The minimum atomic E-state index is -0.308. The standard InChI is InChI=1S/C9H8BrClO2/c10-7-1-3-8(4-2-7)13-9(12)5-6-11/h1-4H,5-6H2. The average molecular weight is 264 g/mol. The van der Waals surface area contributed by atoms with Gasteiger partial charge in [0.25, 0.3) is 0 Å². The van der Waals surface area contributed by atoms with Crippen molar-refractivity contribution in [1.29, 1.82) is 0 Å². The van der Waals surface area contributed by atoms with E-state index < -0.39 is 0 Å². The second kappa shape index (κ2) is 5.25. The Hall–Kier alpha value is -0.540. The van der Waals surface area contributed by atoms with Crippen LogP contribution in [0.1, 0.15) is 6.42 Å². The van der Waals surface area contributed by atoms with E-state index in [1.807, 2.05) is 12.1 Å². The SMILES string of the molecule is O=C(CCCl)Oc1ccc(Br)cc1. The Morgan fingerprint density at radius 2 is 2.00 bits per heavy atom. The average Bonchev–Trinajstić information content (AvgIpc) is 2.09. The molecular formula is C9H8BrClO2. The number of alkyl halides is 1. The number of halogens is 2. The quantitative estimate of drug-likeness (QED) is 0.476. The molecule has 0 aliphatic rings. The molecule has 13 heavy (non-hydrogen) atoms. The number of benzene rings is 1. The molecule has 0 atom stereocenters. The van der Waals surface area contributed by atoms with E-state index >= 15 is 0 Å². The molecule has 1 aromatic carbocycles. The van der Waals surface area contributed by atoms with Crippen LogP contribution in [0.3, 0.4) is 0 Å². The monoisotopic (exact) mass is 262 g/mol. The number of hydrogen-bond donors (Lipinski definition) is 0. The fourth-order valence-corrected chi connectivity index (χ4v) is 1.18. The lowest BCUT2D eigenvalue weighted by Crippen LogP contribution is -2.07. The van der Waals surface area contributed by atoms with E-state index in [0.717, 1.165) is 4.47 Å². The molecule has 70 valence electrons. The third-order valence-corrected chi connectivity index (χ3v) is 2.06. The van der Waals surface area contributed by atoms with E-state index in [1.165, 1.54) is 0 Å². The van der Waals surface area contributed by atoms with Crippen LogP contribution in [0, 0.1) is 0 Å². The molecule has 0 aromatic heterocycles. The molecule has 0 saturated heterocycles. The van der Waals surface area contributed by atoms with Crippen molar-refractivity contribution in [2.45, 2.75) is 6.42 Å². The van der Waals surface area contributed by atoms with Gasteiger partial charge in [0, 0.05) is 10.4 Å². The Kier molecular flexibility index (Phi) is 4.25. The van der Waals surface area contributed by atoms with Crippen LogP contribution in [0.15, 0.2) is 28.7 Å². The van der Waals surface area contributed by atoms with Crippen LogP contribution in [-0.4, -0.2) is 11.8 Å². The van der Waals surface area contributed by atoms with Gasteiger partial charge in [-0.05, 0) is 24.3 Å². The molecule has 4 heteroatoms. The highest BCUT2D eigenvalue weighted by Crippen LogP contribution is 2.16. The molecule has 0 aliphatic carbocycles. The number of esters is 1. The summed E-state index contributed by atoms with van der Waals surface area (Å²) in [7, 11) is 0. The maximum Gasteiger partial charge on any atom is 0.312 e. The van der Waals surface area contributed by atoms with Gasteiger partial charge in [0.2, 0.25) is 0 Å². The van der Waals surface area contributed by atoms with Crippen molar-refractivity contribution in [3.05, 3.63) is 28.7 Å². The molecule has 0 bridgehead atoms. The van der Waals surface area contributed by atoms with E-state index in [2.05, 4.69) is 15.9 Å². The van der Waals surface area contributed by atoms with Gasteiger partial charge in [-0.15, -0.1) is 11.6 Å². The summed E-state index contributed by atoms with van der Waals surface area (Å²) >= 11 is 8.66. The molecule has 0 radical (unpaired) electrons. The summed E-state index contributed by atoms with van der Waals surface area (Å²) in [4.78, 5) is 11.0. The van der Waals surface area contributed by atoms with Crippen molar-refractivity contribution in [3.8, 4) is 5.75 Å². The lowest BCUT2D eigenvalue weighted by atomic mass is 10.3. The van der Waals surface area contributed by atoms with Crippen LogP contribution in [-0.2, 0) is 4.79 Å². The minimum absolute atomic E-state index is 0.234. The second-order valence-electron chi connectivity index (χ2n) is 2.37. The topological polar surface area (TPSA) is 26.3 Å². The molecule has 0 amide bonds. The summed E-state index contributed by atoms with van der Waals surface area (Å²) in [6.45, 7) is 0. The van der Waals surface area contributed by atoms with Crippen LogP contribution in [0.5, 0.6) is 5.75 Å². The third-order valence-electron chi connectivity index (χ3n) is 1.34.